The highest BCUT2D eigenvalue weighted by atomic mass is 16.5. The van der Waals surface area contributed by atoms with E-state index >= 15 is 0 Å². The standard InChI is InChI=1S/C22H25N5O/c1-17-6-2-3-7-18(17)16-24-21-10-11-23-22(26-21)25-19-8-4-5-9-20(19)27-12-14-28-15-13-27/h2-11H,12-16H2,1H3,(H2,23,24,25,26). The van der Waals surface area contributed by atoms with Gasteiger partial charge in [-0.2, -0.15) is 4.98 Å². The molecule has 0 saturated carbocycles. The van der Waals surface area contributed by atoms with Gasteiger partial charge in [0.05, 0.1) is 24.6 Å². The van der Waals surface area contributed by atoms with E-state index in [0.717, 1.165) is 50.0 Å². The fourth-order valence-corrected chi connectivity index (χ4v) is 3.29. The molecule has 0 aliphatic carbocycles. The van der Waals surface area contributed by atoms with Gasteiger partial charge in [-0.1, -0.05) is 36.4 Å². The first-order valence-electron chi connectivity index (χ1n) is 9.60. The summed E-state index contributed by atoms with van der Waals surface area (Å²) in [6, 6.07) is 18.5. The Labute approximate surface area is 165 Å². The summed E-state index contributed by atoms with van der Waals surface area (Å²) < 4.78 is 5.47. The fraction of sp³-hybridized carbons (Fsp3) is 0.273. The Morgan fingerprint density at radius 1 is 1.00 bits per heavy atom. The van der Waals surface area contributed by atoms with Gasteiger partial charge in [0.2, 0.25) is 5.95 Å². The maximum atomic E-state index is 5.47. The van der Waals surface area contributed by atoms with Crippen LogP contribution >= 0.6 is 0 Å². The molecule has 6 heteroatoms. The zero-order valence-electron chi connectivity index (χ0n) is 16.1. The number of anilines is 4. The molecule has 3 aromatic rings. The number of ether oxygens (including phenoxy) is 1. The smallest absolute Gasteiger partial charge is 0.229 e. The molecule has 0 spiro atoms. The van der Waals surface area contributed by atoms with E-state index < -0.39 is 0 Å². The van der Waals surface area contributed by atoms with Gasteiger partial charge in [0.25, 0.3) is 0 Å². The first-order valence-corrected chi connectivity index (χ1v) is 9.60. The van der Waals surface area contributed by atoms with E-state index in [2.05, 4.69) is 74.9 Å². The zero-order chi connectivity index (χ0) is 19.2. The Kier molecular flexibility index (Phi) is 5.68. The predicted octanol–water partition coefficient (Wildman–Crippen LogP) is 3.98. The average Bonchev–Trinajstić information content (AvgIpc) is 2.74. The molecule has 144 valence electrons. The minimum absolute atomic E-state index is 0.579. The molecule has 0 unspecified atom stereocenters. The third-order valence-electron chi connectivity index (χ3n) is 4.88. The molecule has 1 saturated heterocycles. The van der Waals surface area contributed by atoms with Crippen molar-refractivity contribution < 1.29 is 4.74 Å². The summed E-state index contributed by atoms with van der Waals surface area (Å²) in [5.74, 6) is 1.38. The minimum Gasteiger partial charge on any atom is -0.378 e. The predicted molar refractivity (Wildman–Crippen MR) is 113 cm³/mol. The molecule has 1 aliphatic heterocycles. The van der Waals surface area contributed by atoms with Crippen molar-refractivity contribution >= 4 is 23.1 Å². The van der Waals surface area contributed by atoms with Crippen LogP contribution in [0.4, 0.5) is 23.1 Å². The van der Waals surface area contributed by atoms with Gasteiger partial charge in [-0.05, 0) is 36.2 Å². The van der Waals surface area contributed by atoms with Crippen molar-refractivity contribution in [2.75, 3.05) is 41.8 Å². The van der Waals surface area contributed by atoms with Crippen molar-refractivity contribution in [3.05, 3.63) is 71.9 Å². The topological polar surface area (TPSA) is 62.3 Å². The van der Waals surface area contributed by atoms with Gasteiger partial charge in [-0.25, -0.2) is 4.98 Å². The molecule has 2 N–H and O–H groups in total. The third kappa shape index (κ3) is 4.40. The lowest BCUT2D eigenvalue weighted by Crippen LogP contribution is -2.36. The Balaban J connectivity index is 1.47. The highest BCUT2D eigenvalue weighted by Crippen LogP contribution is 2.28. The summed E-state index contributed by atoms with van der Waals surface area (Å²) in [7, 11) is 0. The summed E-state index contributed by atoms with van der Waals surface area (Å²) in [4.78, 5) is 11.3. The molecule has 0 atom stereocenters. The van der Waals surface area contributed by atoms with Crippen LogP contribution in [0.2, 0.25) is 0 Å². The largest absolute Gasteiger partial charge is 0.378 e. The number of hydrogen-bond donors (Lipinski definition) is 2. The number of aromatic nitrogens is 2. The fourth-order valence-electron chi connectivity index (χ4n) is 3.29. The van der Waals surface area contributed by atoms with E-state index in [0.29, 0.717) is 5.95 Å². The van der Waals surface area contributed by atoms with Gasteiger partial charge < -0.3 is 20.3 Å². The van der Waals surface area contributed by atoms with Crippen molar-refractivity contribution in [3.8, 4) is 0 Å². The molecule has 2 heterocycles. The van der Waals surface area contributed by atoms with Gasteiger partial charge in [-0.3, -0.25) is 0 Å². The van der Waals surface area contributed by atoms with Crippen LogP contribution in [0.5, 0.6) is 0 Å². The van der Waals surface area contributed by atoms with Crippen LogP contribution in [-0.4, -0.2) is 36.3 Å². The quantitative estimate of drug-likeness (QED) is 0.680. The van der Waals surface area contributed by atoms with E-state index in [1.165, 1.54) is 11.1 Å². The number of rotatable bonds is 6. The van der Waals surface area contributed by atoms with Crippen molar-refractivity contribution in [2.45, 2.75) is 13.5 Å². The van der Waals surface area contributed by atoms with E-state index in [9.17, 15) is 0 Å². The second-order valence-corrected chi connectivity index (χ2v) is 6.79. The number of nitrogens with one attached hydrogen (secondary N) is 2. The molecular weight excluding hydrogens is 350 g/mol. The summed E-state index contributed by atoms with van der Waals surface area (Å²) in [6.45, 7) is 6.13. The van der Waals surface area contributed by atoms with Gasteiger partial charge in [0, 0.05) is 25.8 Å². The molecule has 28 heavy (non-hydrogen) atoms. The molecule has 1 aliphatic rings. The number of hydrogen-bond acceptors (Lipinski definition) is 6. The number of morpholine rings is 1. The van der Waals surface area contributed by atoms with Crippen LogP contribution in [0.15, 0.2) is 60.8 Å². The van der Waals surface area contributed by atoms with E-state index in [-0.39, 0.29) is 0 Å². The molecule has 0 bridgehead atoms. The first kappa shape index (κ1) is 18.3. The van der Waals surface area contributed by atoms with Gasteiger partial charge in [0.1, 0.15) is 5.82 Å². The number of para-hydroxylation sites is 2. The minimum atomic E-state index is 0.579. The number of benzene rings is 2. The monoisotopic (exact) mass is 375 g/mol. The van der Waals surface area contributed by atoms with E-state index in [1.807, 2.05) is 12.1 Å². The van der Waals surface area contributed by atoms with Gasteiger partial charge in [-0.15, -0.1) is 0 Å². The Morgan fingerprint density at radius 3 is 2.64 bits per heavy atom. The average molecular weight is 375 g/mol. The van der Waals surface area contributed by atoms with Crippen LogP contribution in [0.1, 0.15) is 11.1 Å². The van der Waals surface area contributed by atoms with E-state index in [4.69, 9.17) is 4.74 Å². The molecule has 4 rings (SSSR count). The SMILES string of the molecule is Cc1ccccc1CNc1ccnc(Nc2ccccc2N2CCOCC2)n1. The zero-order valence-corrected chi connectivity index (χ0v) is 16.1. The van der Waals surface area contributed by atoms with Crippen LogP contribution in [0.25, 0.3) is 0 Å². The Hall–Kier alpha value is -3.12. The summed E-state index contributed by atoms with van der Waals surface area (Å²) in [6.07, 6.45) is 1.77. The van der Waals surface area contributed by atoms with Crippen LogP contribution < -0.4 is 15.5 Å². The highest BCUT2D eigenvalue weighted by molar-refractivity contribution is 5.73. The van der Waals surface area contributed by atoms with Crippen molar-refractivity contribution in [1.29, 1.82) is 0 Å². The van der Waals surface area contributed by atoms with Crippen LogP contribution in [-0.2, 0) is 11.3 Å². The van der Waals surface area contributed by atoms with Crippen LogP contribution in [0, 0.1) is 6.92 Å². The van der Waals surface area contributed by atoms with Gasteiger partial charge >= 0.3 is 0 Å². The molecule has 1 fully saturated rings. The lowest BCUT2D eigenvalue weighted by atomic mass is 10.1. The second-order valence-electron chi connectivity index (χ2n) is 6.79. The van der Waals surface area contributed by atoms with Crippen molar-refractivity contribution in [1.82, 2.24) is 9.97 Å². The van der Waals surface area contributed by atoms with E-state index in [1.54, 1.807) is 6.20 Å². The number of nitrogens with zero attached hydrogens (tertiary/aromatic N) is 3. The Bertz CT molecular complexity index is 924. The molecule has 0 radical (unpaired) electrons. The maximum Gasteiger partial charge on any atom is 0.229 e. The molecule has 2 aromatic carbocycles. The third-order valence-corrected chi connectivity index (χ3v) is 4.88. The first-order chi connectivity index (χ1) is 13.8. The normalized spacial score (nSPS) is 14.0. The lowest BCUT2D eigenvalue weighted by Gasteiger charge is -2.30. The summed E-state index contributed by atoms with van der Waals surface area (Å²) >= 11 is 0. The van der Waals surface area contributed by atoms with Crippen molar-refractivity contribution in [2.24, 2.45) is 0 Å². The van der Waals surface area contributed by atoms with Gasteiger partial charge in [0.15, 0.2) is 0 Å². The number of aryl methyl sites for hydroxylation is 1. The van der Waals surface area contributed by atoms with Crippen LogP contribution in [0.3, 0.4) is 0 Å². The van der Waals surface area contributed by atoms with Crippen molar-refractivity contribution in [3.63, 3.8) is 0 Å². The molecular formula is C22H25N5O. The lowest BCUT2D eigenvalue weighted by molar-refractivity contribution is 0.123. The molecule has 1 aromatic heterocycles. The summed E-state index contributed by atoms with van der Waals surface area (Å²) in [5.41, 5.74) is 4.67. The Morgan fingerprint density at radius 2 is 1.79 bits per heavy atom. The maximum absolute atomic E-state index is 5.47. The molecule has 0 amide bonds. The highest BCUT2D eigenvalue weighted by Gasteiger charge is 2.15. The molecule has 6 nitrogen and oxygen atoms in total. The second kappa shape index (κ2) is 8.71. The summed E-state index contributed by atoms with van der Waals surface area (Å²) in [5, 5.41) is 6.76.